The SMILES string of the molecule is COC(C)CCOc1nc[c]c(C)n1. The molecule has 0 aliphatic carbocycles. The minimum atomic E-state index is 0.200. The summed E-state index contributed by atoms with van der Waals surface area (Å²) < 4.78 is 10.4. The van der Waals surface area contributed by atoms with Crippen molar-refractivity contribution in [1.29, 1.82) is 0 Å². The maximum absolute atomic E-state index is 5.34. The average Bonchev–Trinajstić information content (AvgIpc) is 2.17. The van der Waals surface area contributed by atoms with Crippen LogP contribution in [0.2, 0.25) is 0 Å². The van der Waals surface area contributed by atoms with E-state index in [-0.39, 0.29) is 6.10 Å². The second-order valence-corrected chi connectivity index (χ2v) is 3.07. The molecule has 1 radical (unpaired) electrons. The molecular formula is C10H15N2O2. The number of aryl methyl sites for hydroxylation is 1. The highest BCUT2D eigenvalue weighted by Gasteiger charge is 2.01. The zero-order chi connectivity index (χ0) is 10.4. The highest BCUT2D eigenvalue weighted by atomic mass is 16.5. The maximum Gasteiger partial charge on any atom is 0.316 e. The molecule has 0 fully saturated rings. The van der Waals surface area contributed by atoms with Gasteiger partial charge in [-0.2, -0.15) is 4.98 Å². The van der Waals surface area contributed by atoms with Crippen LogP contribution in [0.3, 0.4) is 0 Å². The zero-order valence-corrected chi connectivity index (χ0v) is 8.78. The first-order valence-corrected chi connectivity index (χ1v) is 4.59. The first-order chi connectivity index (χ1) is 6.72. The van der Waals surface area contributed by atoms with E-state index in [2.05, 4.69) is 16.0 Å². The van der Waals surface area contributed by atoms with Gasteiger partial charge >= 0.3 is 6.01 Å². The van der Waals surface area contributed by atoms with Crippen LogP contribution < -0.4 is 4.74 Å². The van der Waals surface area contributed by atoms with Crippen LogP contribution in [-0.2, 0) is 4.74 Å². The minimum Gasteiger partial charge on any atom is -0.463 e. The summed E-state index contributed by atoms with van der Waals surface area (Å²) in [5.41, 5.74) is 0.787. The van der Waals surface area contributed by atoms with E-state index in [0.717, 1.165) is 12.1 Å². The number of aromatic nitrogens is 2. The third-order valence-corrected chi connectivity index (χ3v) is 1.87. The zero-order valence-electron chi connectivity index (χ0n) is 8.78. The van der Waals surface area contributed by atoms with Crippen molar-refractivity contribution in [2.45, 2.75) is 26.4 Å². The molecule has 14 heavy (non-hydrogen) atoms. The highest BCUT2D eigenvalue weighted by molar-refractivity contribution is 5.01. The molecule has 77 valence electrons. The summed E-state index contributed by atoms with van der Waals surface area (Å²) >= 11 is 0. The second kappa shape index (κ2) is 5.54. The summed E-state index contributed by atoms with van der Waals surface area (Å²) in [7, 11) is 1.68. The Morgan fingerprint density at radius 3 is 3.00 bits per heavy atom. The lowest BCUT2D eigenvalue weighted by molar-refractivity contribution is 0.0939. The summed E-state index contributed by atoms with van der Waals surface area (Å²) in [5, 5.41) is 0. The molecule has 0 saturated heterocycles. The van der Waals surface area contributed by atoms with E-state index in [4.69, 9.17) is 9.47 Å². The van der Waals surface area contributed by atoms with Gasteiger partial charge in [-0.05, 0) is 13.8 Å². The van der Waals surface area contributed by atoms with E-state index in [1.54, 1.807) is 13.3 Å². The van der Waals surface area contributed by atoms with E-state index in [9.17, 15) is 0 Å². The van der Waals surface area contributed by atoms with Gasteiger partial charge in [-0.25, -0.2) is 4.98 Å². The molecule has 1 aromatic rings. The first kappa shape index (κ1) is 10.9. The van der Waals surface area contributed by atoms with Gasteiger partial charge in [0.25, 0.3) is 0 Å². The van der Waals surface area contributed by atoms with Gasteiger partial charge in [-0.1, -0.05) is 0 Å². The van der Waals surface area contributed by atoms with Gasteiger partial charge in [-0.3, -0.25) is 0 Å². The number of hydrogen-bond acceptors (Lipinski definition) is 4. The predicted molar refractivity (Wildman–Crippen MR) is 52.2 cm³/mol. The van der Waals surface area contributed by atoms with Crippen LogP contribution in [0.25, 0.3) is 0 Å². The number of nitrogens with zero attached hydrogens (tertiary/aromatic N) is 2. The maximum atomic E-state index is 5.34. The molecule has 1 unspecified atom stereocenters. The Kier molecular flexibility index (Phi) is 4.32. The van der Waals surface area contributed by atoms with Crippen molar-refractivity contribution in [2.24, 2.45) is 0 Å². The Morgan fingerprint density at radius 1 is 1.57 bits per heavy atom. The third kappa shape index (κ3) is 3.70. The summed E-state index contributed by atoms with van der Waals surface area (Å²) in [5.74, 6) is 0. The average molecular weight is 195 g/mol. The molecule has 0 saturated carbocycles. The Bertz CT molecular complexity index is 279. The number of methoxy groups -OCH3 is 1. The van der Waals surface area contributed by atoms with Crippen LogP contribution in [0.4, 0.5) is 0 Å². The number of ether oxygens (including phenoxy) is 2. The van der Waals surface area contributed by atoms with Gasteiger partial charge in [0, 0.05) is 25.8 Å². The lowest BCUT2D eigenvalue weighted by Crippen LogP contribution is -2.11. The van der Waals surface area contributed by atoms with E-state index in [1.807, 2.05) is 13.8 Å². The van der Waals surface area contributed by atoms with E-state index in [0.29, 0.717) is 12.6 Å². The smallest absolute Gasteiger partial charge is 0.316 e. The fourth-order valence-corrected chi connectivity index (χ4v) is 0.889. The topological polar surface area (TPSA) is 44.2 Å². The molecule has 0 amide bonds. The monoisotopic (exact) mass is 195 g/mol. The summed E-state index contributed by atoms with van der Waals surface area (Å²) in [6, 6.07) is 3.26. The third-order valence-electron chi connectivity index (χ3n) is 1.87. The van der Waals surface area contributed by atoms with Crippen LogP contribution in [-0.4, -0.2) is 29.8 Å². The molecule has 4 nitrogen and oxygen atoms in total. The molecule has 1 heterocycles. The van der Waals surface area contributed by atoms with Crippen molar-refractivity contribution in [2.75, 3.05) is 13.7 Å². The first-order valence-electron chi connectivity index (χ1n) is 4.59. The van der Waals surface area contributed by atoms with Crippen LogP contribution in [0.1, 0.15) is 19.0 Å². The highest BCUT2D eigenvalue weighted by Crippen LogP contribution is 2.03. The molecule has 1 rings (SSSR count). The quantitative estimate of drug-likeness (QED) is 0.712. The Hall–Kier alpha value is -1.16. The van der Waals surface area contributed by atoms with Gasteiger partial charge in [0.05, 0.1) is 18.4 Å². The fourth-order valence-electron chi connectivity index (χ4n) is 0.889. The van der Waals surface area contributed by atoms with Crippen molar-refractivity contribution >= 4 is 0 Å². The van der Waals surface area contributed by atoms with E-state index in [1.165, 1.54) is 0 Å². The van der Waals surface area contributed by atoms with Crippen molar-refractivity contribution < 1.29 is 9.47 Å². The second-order valence-electron chi connectivity index (χ2n) is 3.07. The molecule has 0 aromatic carbocycles. The summed E-state index contributed by atoms with van der Waals surface area (Å²) in [4.78, 5) is 8.00. The van der Waals surface area contributed by atoms with Crippen LogP contribution in [0.5, 0.6) is 6.01 Å². The van der Waals surface area contributed by atoms with Gasteiger partial charge in [0.1, 0.15) is 0 Å². The van der Waals surface area contributed by atoms with Crippen molar-refractivity contribution in [3.63, 3.8) is 0 Å². The predicted octanol–water partition coefficient (Wildman–Crippen LogP) is 1.39. The molecular weight excluding hydrogens is 180 g/mol. The minimum absolute atomic E-state index is 0.200. The van der Waals surface area contributed by atoms with Gasteiger partial charge in [0.2, 0.25) is 0 Å². The van der Waals surface area contributed by atoms with E-state index < -0.39 is 0 Å². The number of rotatable bonds is 5. The Labute approximate surface area is 84.3 Å². The van der Waals surface area contributed by atoms with Crippen molar-refractivity contribution in [3.05, 3.63) is 18.0 Å². The molecule has 4 heteroatoms. The molecule has 0 aliphatic heterocycles. The lowest BCUT2D eigenvalue weighted by atomic mass is 10.3. The van der Waals surface area contributed by atoms with E-state index >= 15 is 0 Å². The molecule has 0 aliphatic rings. The standard InChI is InChI=1S/C10H15N2O2/c1-8-4-6-11-10(12-8)14-7-5-9(2)13-3/h6,9H,5,7H2,1-3H3. The fraction of sp³-hybridized carbons (Fsp3) is 0.600. The van der Waals surface area contributed by atoms with Gasteiger partial charge < -0.3 is 9.47 Å². The molecule has 0 N–H and O–H groups in total. The summed E-state index contributed by atoms with van der Waals surface area (Å²) in [6.07, 6.45) is 2.60. The summed E-state index contributed by atoms with van der Waals surface area (Å²) in [6.45, 7) is 4.42. The van der Waals surface area contributed by atoms with Crippen LogP contribution >= 0.6 is 0 Å². The largest absolute Gasteiger partial charge is 0.463 e. The van der Waals surface area contributed by atoms with Crippen LogP contribution in [0, 0.1) is 13.0 Å². The van der Waals surface area contributed by atoms with Crippen molar-refractivity contribution in [3.8, 4) is 6.01 Å². The Balaban J connectivity index is 2.31. The number of hydrogen-bond donors (Lipinski definition) is 0. The molecule has 1 atom stereocenters. The molecule has 1 aromatic heterocycles. The van der Waals surface area contributed by atoms with Crippen molar-refractivity contribution in [1.82, 2.24) is 9.97 Å². The molecule has 0 spiro atoms. The lowest BCUT2D eigenvalue weighted by Gasteiger charge is -2.09. The van der Waals surface area contributed by atoms with Gasteiger partial charge in [0.15, 0.2) is 0 Å². The normalized spacial score (nSPS) is 12.5. The Morgan fingerprint density at radius 2 is 2.36 bits per heavy atom. The van der Waals surface area contributed by atoms with Gasteiger partial charge in [-0.15, -0.1) is 0 Å². The molecule has 0 bridgehead atoms. The van der Waals surface area contributed by atoms with Crippen LogP contribution in [0.15, 0.2) is 6.20 Å².